The molecule has 0 aromatic rings. The van der Waals surface area contributed by atoms with Gasteiger partial charge in [0.15, 0.2) is 0 Å². The second-order valence-corrected chi connectivity index (χ2v) is 3.81. The maximum absolute atomic E-state index is 3.79. The van der Waals surface area contributed by atoms with E-state index in [1.54, 1.807) is 0 Å². The molecule has 49 valence electrons. The predicted octanol–water partition coefficient (Wildman–Crippen LogP) is 3.02. The lowest BCUT2D eigenvalue weighted by molar-refractivity contribution is 0.574. The summed E-state index contributed by atoms with van der Waals surface area (Å²) in [6, 6.07) is 0. The first-order chi connectivity index (χ1) is 3.66. The fraction of sp³-hybridized carbons (Fsp3) is 0.857. The van der Waals surface area contributed by atoms with Gasteiger partial charge in [0.05, 0.1) is 0 Å². The number of alkyl halides is 1. The standard InChI is InChI=1S/C7H14Br/c1-4-7(8)5-6(2)3/h6-7H,1,4-5H2,2-3H3. The summed E-state index contributed by atoms with van der Waals surface area (Å²) >= 11 is 3.51. The molecule has 0 nitrogen and oxygen atoms in total. The summed E-state index contributed by atoms with van der Waals surface area (Å²) in [4.78, 5) is 0.627. The first kappa shape index (κ1) is 8.48. The Labute approximate surface area is 60.8 Å². The Morgan fingerprint density at radius 2 is 2.00 bits per heavy atom. The molecule has 0 N–H and O–H groups in total. The highest BCUT2D eigenvalue weighted by atomic mass is 79.9. The second-order valence-electron chi connectivity index (χ2n) is 2.52. The van der Waals surface area contributed by atoms with E-state index in [2.05, 4.69) is 36.7 Å². The number of rotatable bonds is 3. The molecular formula is C7H14Br. The van der Waals surface area contributed by atoms with Crippen LogP contribution in [0.3, 0.4) is 0 Å². The fourth-order valence-corrected chi connectivity index (χ4v) is 1.38. The van der Waals surface area contributed by atoms with Crippen LogP contribution in [-0.2, 0) is 0 Å². The number of hydrogen-bond donors (Lipinski definition) is 0. The molecule has 1 atom stereocenters. The van der Waals surface area contributed by atoms with E-state index >= 15 is 0 Å². The summed E-state index contributed by atoms with van der Waals surface area (Å²) in [6.45, 7) is 8.24. The maximum atomic E-state index is 3.79. The van der Waals surface area contributed by atoms with Crippen LogP contribution in [0.15, 0.2) is 0 Å². The van der Waals surface area contributed by atoms with E-state index in [4.69, 9.17) is 0 Å². The summed E-state index contributed by atoms with van der Waals surface area (Å²) in [5.74, 6) is 0.793. The minimum atomic E-state index is 0.627. The van der Waals surface area contributed by atoms with Gasteiger partial charge in [-0.25, -0.2) is 0 Å². The van der Waals surface area contributed by atoms with Crippen LogP contribution < -0.4 is 0 Å². The summed E-state index contributed by atoms with van der Waals surface area (Å²) in [5, 5.41) is 0. The van der Waals surface area contributed by atoms with Crippen LogP contribution >= 0.6 is 15.9 Å². The smallest absolute Gasteiger partial charge is 0.0148 e. The fourth-order valence-electron chi connectivity index (χ4n) is 0.629. The van der Waals surface area contributed by atoms with Crippen molar-refractivity contribution < 1.29 is 0 Å². The lowest BCUT2D eigenvalue weighted by Crippen LogP contribution is -1.99. The van der Waals surface area contributed by atoms with Gasteiger partial charge in [-0.3, -0.25) is 0 Å². The van der Waals surface area contributed by atoms with Gasteiger partial charge in [0, 0.05) is 4.83 Å². The van der Waals surface area contributed by atoms with Crippen molar-refractivity contribution in [3.63, 3.8) is 0 Å². The Morgan fingerprint density at radius 1 is 1.50 bits per heavy atom. The van der Waals surface area contributed by atoms with Gasteiger partial charge < -0.3 is 0 Å². The van der Waals surface area contributed by atoms with Crippen LogP contribution in [0.2, 0.25) is 0 Å². The molecule has 0 aromatic heterocycles. The number of hydrogen-bond acceptors (Lipinski definition) is 0. The van der Waals surface area contributed by atoms with E-state index in [1.807, 2.05) is 0 Å². The van der Waals surface area contributed by atoms with E-state index in [0.29, 0.717) is 4.83 Å². The lowest BCUT2D eigenvalue weighted by atomic mass is 10.1. The van der Waals surface area contributed by atoms with Gasteiger partial charge >= 0.3 is 0 Å². The van der Waals surface area contributed by atoms with Crippen LogP contribution in [0, 0.1) is 12.8 Å². The molecule has 0 fully saturated rings. The lowest BCUT2D eigenvalue weighted by Gasteiger charge is -2.07. The third-order valence-corrected chi connectivity index (χ3v) is 1.87. The van der Waals surface area contributed by atoms with Crippen molar-refractivity contribution in [1.29, 1.82) is 0 Å². The number of halogens is 1. The monoisotopic (exact) mass is 177 g/mol. The van der Waals surface area contributed by atoms with Crippen molar-refractivity contribution >= 4 is 15.9 Å². The highest BCUT2D eigenvalue weighted by Gasteiger charge is 2.01. The van der Waals surface area contributed by atoms with E-state index in [1.165, 1.54) is 6.42 Å². The molecule has 1 heteroatoms. The third-order valence-electron chi connectivity index (χ3n) is 1.04. The van der Waals surface area contributed by atoms with Gasteiger partial charge in [-0.1, -0.05) is 36.7 Å². The van der Waals surface area contributed by atoms with E-state index in [0.717, 1.165) is 12.3 Å². The second kappa shape index (κ2) is 4.37. The average molecular weight is 178 g/mol. The van der Waals surface area contributed by atoms with Gasteiger partial charge in [0.2, 0.25) is 0 Å². The summed E-state index contributed by atoms with van der Waals surface area (Å²) in [7, 11) is 0. The van der Waals surface area contributed by atoms with Gasteiger partial charge in [0.1, 0.15) is 0 Å². The Hall–Kier alpha value is 0.480. The van der Waals surface area contributed by atoms with Crippen molar-refractivity contribution in [2.24, 2.45) is 5.92 Å². The van der Waals surface area contributed by atoms with Crippen molar-refractivity contribution in [1.82, 2.24) is 0 Å². The maximum Gasteiger partial charge on any atom is 0.0148 e. The van der Waals surface area contributed by atoms with Gasteiger partial charge in [-0.2, -0.15) is 0 Å². The van der Waals surface area contributed by atoms with Gasteiger partial charge in [-0.05, 0) is 18.8 Å². The van der Waals surface area contributed by atoms with E-state index in [9.17, 15) is 0 Å². The quantitative estimate of drug-likeness (QED) is 0.582. The minimum Gasteiger partial charge on any atom is -0.0891 e. The Bertz CT molecular complexity index is 50.3. The molecule has 0 aliphatic carbocycles. The van der Waals surface area contributed by atoms with Crippen molar-refractivity contribution in [2.75, 3.05) is 0 Å². The average Bonchev–Trinajstić information content (AvgIpc) is 1.65. The van der Waals surface area contributed by atoms with E-state index in [-0.39, 0.29) is 0 Å². The molecule has 0 aliphatic rings. The summed E-state index contributed by atoms with van der Waals surface area (Å²) < 4.78 is 0. The predicted molar refractivity (Wildman–Crippen MR) is 42.1 cm³/mol. The van der Waals surface area contributed by atoms with Crippen LogP contribution in [0.4, 0.5) is 0 Å². The first-order valence-corrected chi connectivity index (χ1v) is 4.01. The molecule has 0 saturated heterocycles. The van der Waals surface area contributed by atoms with Crippen molar-refractivity contribution in [3.05, 3.63) is 6.92 Å². The van der Waals surface area contributed by atoms with Crippen LogP contribution in [0.5, 0.6) is 0 Å². The molecule has 8 heavy (non-hydrogen) atoms. The molecule has 0 aromatic carbocycles. The molecule has 0 saturated carbocycles. The van der Waals surface area contributed by atoms with Crippen molar-refractivity contribution in [2.45, 2.75) is 31.5 Å². The molecule has 0 spiro atoms. The Balaban J connectivity index is 3.10. The zero-order valence-corrected chi connectivity index (χ0v) is 7.24. The molecule has 1 radical (unpaired) electrons. The highest BCUT2D eigenvalue weighted by Crippen LogP contribution is 2.14. The third kappa shape index (κ3) is 4.63. The first-order valence-electron chi connectivity index (χ1n) is 3.10. The summed E-state index contributed by atoms with van der Waals surface area (Å²) in [6.07, 6.45) is 2.24. The normalized spacial score (nSPS) is 14.6. The highest BCUT2D eigenvalue weighted by molar-refractivity contribution is 9.09. The van der Waals surface area contributed by atoms with Crippen LogP contribution in [0.1, 0.15) is 26.7 Å². The largest absolute Gasteiger partial charge is 0.0891 e. The van der Waals surface area contributed by atoms with Gasteiger partial charge in [-0.15, -0.1) is 0 Å². The Morgan fingerprint density at radius 3 is 2.12 bits per heavy atom. The molecule has 0 aliphatic heterocycles. The molecular weight excluding hydrogens is 164 g/mol. The van der Waals surface area contributed by atoms with Gasteiger partial charge in [0.25, 0.3) is 0 Å². The van der Waals surface area contributed by atoms with Crippen LogP contribution in [-0.4, -0.2) is 4.83 Å². The van der Waals surface area contributed by atoms with Crippen LogP contribution in [0.25, 0.3) is 0 Å². The molecule has 0 amide bonds. The molecule has 1 unspecified atom stereocenters. The molecule has 0 rings (SSSR count). The summed E-state index contributed by atoms with van der Waals surface area (Å²) in [5.41, 5.74) is 0. The molecule has 0 heterocycles. The van der Waals surface area contributed by atoms with E-state index < -0.39 is 0 Å². The zero-order chi connectivity index (χ0) is 6.57. The topological polar surface area (TPSA) is 0 Å². The Kier molecular flexibility index (Phi) is 4.63. The molecule has 0 bridgehead atoms. The van der Waals surface area contributed by atoms with Crippen molar-refractivity contribution in [3.8, 4) is 0 Å². The minimum absolute atomic E-state index is 0.627. The SMILES string of the molecule is [CH2]CC(Br)CC(C)C. The zero-order valence-electron chi connectivity index (χ0n) is 5.65.